The van der Waals surface area contributed by atoms with E-state index >= 15 is 0 Å². The van der Waals surface area contributed by atoms with Crippen LogP contribution in [0, 0.1) is 5.92 Å². The zero-order valence-electron chi connectivity index (χ0n) is 9.47. The zero-order valence-corrected chi connectivity index (χ0v) is 11.9. The Morgan fingerprint density at radius 2 is 2.29 bits per heavy atom. The van der Waals surface area contributed by atoms with E-state index in [0.29, 0.717) is 18.1 Å². The second-order valence-corrected chi connectivity index (χ2v) is 7.41. The number of pyridine rings is 1. The van der Waals surface area contributed by atoms with Crippen LogP contribution < -0.4 is 4.74 Å². The van der Waals surface area contributed by atoms with Crippen molar-refractivity contribution in [3.05, 3.63) is 23.9 Å². The Labute approximate surface area is 109 Å². The highest BCUT2D eigenvalue weighted by Gasteiger charge is 2.33. The van der Waals surface area contributed by atoms with E-state index in [1.165, 1.54) is 0 Å². The molecule has 0 N–H and O–H groups in total. The maximum atomic E-state index is 11.4. The van der Waals surface area contributed by atoms with E-state index in [1.807, 2.05) is 6.07 Å². The van der Waals surface area contributed by atoms with E-state index in [9.17, 15) is 8.42 Å². The highest BCUT2D eigenvalue weighted by atomic mass is 79.9. The fourth-order valence-electron chi connectivity index (χ4n) is 2.00. The minimum atomic E-state index is -2.84. The number of hydrogen-bond acceptors (Lipinski definition) is 4. The number of aromatic nitrogens is 1. The van der Waals surface area contributed by atoms with Crippen molar-refractivity contribution in [3.8, 4) is 5.88 Å². The molecule has 1 fully saturated rings. The van der Waals surface area contributed by atoms with Crippen LogP contribution in [0.2, 0.25) is 0 Å². The van der Waals surface area contributed by atoms with E-state index in [2.05, 4.69) is 20.9 Å². The van der Waals surface area contributed by atoms with E-state index in [0.717, 1.165) is 5.56 Å². The predicted octanol–water partition coefficient (Wildman–Crippen LogP) is 1.96. The molecule has 2 rings (SSSR count). The Morgan fingerprint density at radius 3 is 2.76 bits per heavy atom. The van der Waals surface area contributed by atoms with Crippen molar-refractivity contribution < 1.29 is 13.2 Å². The van der Waals surface area contributed by atoms with E-state index in [1.54, 1.807) is 19.4 Å². The fourth-order valence-corrected chi connectivity index (χ4v) is 4.81. The van der Waals surface area contributed by atoms with E-state index < -0.39 is 9.84 Å². The van der Waals surface area contributed by atoms with Gasteiger partial charge in [0.25, 0.3) is 0 Å². The average molecular weight is 320 g/mol. The van der Waals surface area contributed by atoms with Crippen LogP contribution in [0.4, 0.5) is 0 Å². The fraction of sp³-hybridized carbons (Fsp3) is 0.545. The average Bonchev–Trinajstić information content (AvgIpc) is 2.69. The summed E-state index contributed by atoms with van der Waals surface area (Å²) in [5, 5.41) is 0. The maximum absolute atomic E-state index is 11.4. The van der Waals surface area contributed by atoms with Crippen LogP contribution in [-0.4, -0.2) is 32.0 Å². The molecule has 0 aliphatic carbocycles. The maximum Gasteiger partial charge on any atom is 0.212 e. The van der Waals surface area contributed by atoms with Gasteiger partial charge in [0, 0.05) is 17.1 Å². The molecule has 0 amide bonds. The van der Waals surface area contributed by atoms with Crippen LogP contribution in [0.15, 0.2) is 18.3 Å². The van der Waals surface area contributed by atoms with Gasteiger partial charge in [-0.2, -0.15) is 0 Å². The summed E-state index contributed by atoms with van der Waals surface area (Å²) in [5.41, 5.74) is 0.993. The first-order chi connectivity index (χ1) is 8.02. The highest BCUT2D eigenvalue weighted by molar-refractivity contribution is 9.09. The molecule has 0 aromatic carbocycles. The number of sulfone groups is 1. The second kappa shape index (κ2) is 4.94. The van der Waals surface area contributed by atoms with Gasteiger partial charge in [0.1, 0.15) is 0 Å². The monoisotopic (exact) mass is 319 g/mol. The van der Waals surface area contributed by atoms with Gasteiger partial charge >= 0.3 is 0 Å². The first-order valence-corrected chi connectivity index (χ1v) is 8.10. The van der Waals surface area contributed by atoms with Crippen LogP contribution in [0.5, 0.6) is 5.88 Å². The molecule has 6 heteroatoms. The highest BCUT2D eigenvalue weighted by Crippen LogP contribution is 2.37. The van der Waals surface area contributed by atoms with Crippen molar-refractivity contribution in [2.45, 2.75) is 11.2 Å². The third-order valence-corrected chi connectivity index (χ3v) is 6.04. The third-order valence-electron chi connectivity index (χ3n) is 2.97. The molecular weight excluding hydrogens is 306 g/mol. The summed E-state index contributed by atoms with van der Waals surface area (Å²) >= 11 is 3.57. The number of rotatable bonds is 3. The zero-order chi connectivity index (χ0) is 12.5. The lowest BCUT2D eigenvalue weighted by Gasteiger charge is -2.16. The Hall–Kier alpha value is -0.620. The Morgan fingerprint density at radius 1 is 1.53 bits per heavy atom. The molecule has 1 aliphatic heterocycles. The third kappa shape index (κ3) is 2.98. The van der Waals surface area contributed by atoms with E-state index in [4.69, 9.17) is 4.74 Å². The molecule has 0 bridgehead atoms. The molecular formula is C11H14BrNO3S. The topological polar surface area (TPSA) is 56.3 Å². The molecule has 94 valence electrons. The van der Waals surface area contributed by atoms with Gasteiger partial charge in [-0.15, -0.1) is 0 Å². The minimum absolute atomic E-state index is 0.0400. The molecule has 0 spiro atoms. The van der Waals surface area contributed by atoms with Crippen LogP contribution >= 0.6 is 15.9 Å². The van der Waals surface area contributed by atoms with Gasteiger partial charge in [-0.25, -0.2) is 13.4 Å². The quantitative estimate of drug-likeness (QED) is 0.799. The van der Waals surface area contributed by atoms with Crippen molar-refractivity contribution in [2.24, 2.45) is 5.92 Å². The minimum Gasteiger partial charge on any atom is -0.481 e. The second-order valence-electron chi connectivity index (χ2n) is 4.20. The number of methoxy groups -OCH3 is 1. The van der Waals surface area contributed by atoms with E-state index in [-0.39, 0.29) is 16.5 Å². The molecule has 2 unspecified atom stereocenters. The van der Waals surface area contributed by atoms with Crippen molar-refractivity contribution >= 4 is 25.8 Å². The molecule has 0 saturated carbocycles. The lowest BCUT2D eigenvalue weighted by Crippen LogP contribution is -2.10. The first-order valence-electron chi connectivity index (χ1n) is 5.36. The number of alkyl halides is 1. The SMILES string of the molecule is COc1ccc(C(Br)C2CCS(=O)(=O)C2)cn1. The van der Waals surface area contributed by atoms with Gasteiger partial charge < -0.3 is 4.74 Å². The molecule has 17 heavy (non-hydrogen) atoms. The number of nitrogens with zero attached hydrogens (tertiary/aromatic N) is 1. The standard InChI is InChI=1S/C11H14BrNO3S/c1-16-10-3-2-8(6-13-10)11(12)9-4-5-17(14,15)7-9/h2-3,6,9,11H,4-5,7H2,1H3. The van der Waals surface area contributed by atoms with Gasteiger partial charge in [0.05, 0.1) is 18.6 Å². The summed E-state index contributed by atoms with van der Waals surface area (Å²) in [7, 11) is -1.27. The van der Waals surface area contributed by atoms with Crippen molar-refractivity contribution in [2.75, 3.05) is 18.6 Å². The Bertz CT molecular complexity index is 486. The summed E-state index contributed by atoms with van der Waals surface area (Å²) in [5.74, 6) is 1.25. The predicted molar refractivity (Wildman–Crippen MR) is 69.2 cm³/mol. The normalized spacial score (nSPS) is 24.5. The summed E-state index contributed by atoms with van der Waals surface area (Å²) in [4.78, 5) is 4.16. The first kappa shape index (κ1) is 12.8. The lowest BCUT2D eigenvalue weighted by atomic mass is 10.0. The van der Waals surface area contributed by atoms with Gasteiger partial charge in [-0.1, -0.05) is 22.0 Å². The molecule has 0 radical (unpaired) electrons. The Kier molecular flexibility index (Phi) is 3.73. The van der Waals surface area contributed by atoms with Gasteiger partial charge in [-0.3, -0.25) is 0 Å². The molecule has 1 aromatic rings. The van der Waals surface area contributed by atoms with Crippen molar-refractivity contribution in [3.63, 3.8) is 0 Å². The summed E-state index contributed by atoms with van der Waals surface area (Å²) < 4.78 is 27.8. The number of hydrogen-bond donors (Lipinski definition) is 0. The lowest BCUT2D eigenvalue weighted by molar-refractivity contribution is 0.397. The van der Waals surface area contributed by atoms with Crippen LogP contribution in [0.3, 0.4) is 0 Å². The molecule has 4 nitrogen and oxygen atoms in total. The van der Waals surface area contributed by atoms with Crippen molar-refractivity contribution in [1.29, 1.82) is 0 Å². The van der Waals surface area contributed by atoms with Crippen LogP contribution in [0.25, 0.3) is 0 Å². The molecule has 2 atom stereocenters. The molecule has 1 aromatic heterocycles. The van der Waals surface area contributed by atoms with Gasteiger partial charge in [0.2, 0.25) is 5.88 Å². The molecule has 1 aliphatic rings. The van der Waals surface area contributed by atoms with Gasteiger partial charge in [-0.05, 0) is 17.9 Å². The molecule has 2 heterocycles. The van der Waals surface area contributed by atoms with Crippen molar-refractivity contribution in [1.82, 2.24) is 4.98 Å². The summed E-state index contributed by atoms with van der Waals surface area (Å²) in [6.07, 6.45) is 2.44. The van der Waals surface area contributed by atoms with Crippen LogP contribution in [0.1, 0.15) is 16.8 Å². The molecule has 1 saturated heterocycles. The number of halogens is 1. The largest absolute Gasteiger partial charge is 0.481 e. The Balaban J connectivity index is 2.11. The summed E-state index contributed by atoms with van der Waals surface area (Å²) in [6.45, 7) is 0. The smallest absolute Gasteiger partial charge is 0.212 e. The van der Waals surface area contributed by atoms with Crippen LogP contribution in [-0.2, 0) is 9.84 Å². The summed E-state index contributed by atoms with van der Waals surface area (Å²) in [6, 6.07) is 3.70. The van der Waals surface area contributed by atoms with Gasteiger partial charge in [0.15, 0.2) is 9.84 Å². The number of ether oxygens (including phenoxy) is 1.